The number of nitrogens with one attached hydrogen (secondary N) is 1. The average Bonchev–Trinajstić information content (AvgIpc) is 3.43. The molecule has 0 radical (unpaired) electrons. The van der Waals surface area contributed by atoms with Crippen LogP contribution in [0.5, 0.6) is 5.75 Å². The zero-order valence-electron chi connectivity index (χ0n) is 17.5. The fraction of sp³-hybridized carbons (Fsp3) is 0.409. The van der Waals surface area contributed by atoms with Crippen LogP contribution in [0.15, 0.2) is 39.6 Å². The van der Waals surface area contributed by atoms with Crippen molar-refractivity contribution in [2.75, 3.05) is 43.9 Å². The zero-order valence-corrected chi connectivity index (χ0v) is 19.1. The number of anilines is 1. The fourth-order valence-corrected chi connectivity index (χ4v) is 6.89. The van der Waals surface area contributed by atoms with Crippen molar-refractivity contribution in [1.29, 1.82) is 0 Å². The van der Waals surface area contributed by atoms with Crippen molar-refractivity contribution < 1.29 is 14.3 Å². The molecule has 3 aliphatic heterocycles. The molecular formula is C22H24N4O3S2. The van der Waals surface area contributed by atoms with Gasteiger partial charge in [-0.15, -0.1) is 23.1 Å². The molecule has 0 aliphatic carbocycles. The van der Waals surface area contributed by atoms with Crippen LogP contribution < -0.4 is 15.1 Å². The van der Waals surface area contributed by atoms with Crippen molar-refractivity contribution >= 4 is 46.2 Å². The molecule has 2 atom stereocenters. The van der Waals surface area contributed by atoms with E-state index in [1.807, 2.05) is 23.1 Å². The molecule has 7 nitrogen and oxygen atoms in total. The third kappa shape index (κ3) is 3.70. The minimum Gasteiger partial charge on any atom is -0.497 e. The lowest BCUT2D eigenvalue weighted by Crippen LogP contribution is -2.51. The Hall–Kier alpha value is -2.52. The summed E-state index contributed by atoms with van der Waals surface area (Å²) in [5.41, 5.74) is 6.05. The van der Waals surface area contributed by atoms with Crippen molar-refractivity contribution in [2.24, 2.45) is 11.0 Å². The number of thioether (sulfide) groups is 1. The highest BCUT2D eigenvalue weighted by molar-refractivity contribution is 8.01. The summed E-state index contributed by atoms with van der Waals surface area (Å²) in [6.07, 6.45) is 0. The van der Waals surface area contributed by atoms with Gasteiger partial charge in [0.1, 0.15) is 11.5 Å². The monoisotopic (exact) mass is 456 g/mol. The second kappa shape index (κ2) is 8.20. The van der Waals surface area contributed by atoms with Gasteiger partial charge in [0.2, 0.25) is 0 Å². The number of hydrogen-bond donors (Lipinski definition) is 1. The van der Waals surface area contributed by atoms with Gasteiger partial charge in [-0.1, -0.05) is 0 Å². The Labute approximate surface area is 189 Å². The molecule has 1 fully saturated rings. The maximum absolute atomic E-state index is 13.3. The lowest BCUT2D eigenvalue weighted by Gasteiger charge is -2.36. The predicted octanol–water partition coefficient (Wildman–Crippen LogP) is 3.03. The SMILES string of the molecule is COc1ccc(N2CCN(C(=O)C3=NNC4c5cc(C(C)=O)sc5SCC34)CC2)cc1. The minimum absolute atomic E-state index is 0.0138. The lowest BCUT2D eigenvalue weighted by atomic mass is 9.92. The second-order valence-corrected chi connectivity index (χ2v) is 10.2. The predicted molar refractivity (Wildman–Crippen MR) is 124 cm³/mol. The second-order valence-electron chi connectivity index (χ2n) is 7.91. The van der Waals surface area contributed by atoms with Gasteiger partial charge in [-0.3, -0.25) is 9.59 Å². The molecule has 162 valence electrons. The van der Waals surface area contributed by atoms with Crippen LogP contribution in [0.3, 0.4) is 0 Å². The number of methoxy groups -OCH3 is 1. The Morgan fingerprint density at radius 1 is 1.16 bits per heavy atom. The van der Waals surface area contributed by atoms with E-state index >= 15 is 0 Å². The molecule has 0 bridgehead atoms. The normalized spacial score (nSPS) is 22.3. The topological polar surface area (TPSA) is 74.2 Å². The highest BCUT2D eigenvalue weighted by Crippen LogP contribution is 2.46. The summed E-state index contributed by atoms with van der Waals surface area (Å²) in [7, 11) is 1.66. The molecule has 2 aromatic rings. The van der Waals surface area contributed by atoms with Gasteiger partial charge in [-0.05, 0) is 37.3 Å². The summed E-state index contributed by atoms with van der Waals surface area (Å²) < 4.78 is 6.39. The minimum atomic E-state index is -0.0138. The van der Waals surface area contributed by atoms with Crippen molar-refractivity contribution in [2.45, 2.75) is 17.2 Å². The van der Waals surface area contributed by atoms with E-state index in [9.17, 15) is 9.59 Å². The first-order valence-electron chi connectivity index (χ1n) is 10.3. The van der Waals surface area contributed by atoms with E-state index in [1.165, 1.54) is 0 Å². The number of hydrogen-bond acceptors (Lipinski definition) is 8. The number of Topliss-reactive ketones (excluding diaryl/α,β-unsaturated/α-hetero) is 1. The molecular weight excluding hydrogens is 432 g/mol. The molecule has 1 N–H and O–H groups in total. The van der Waals surface area contributed by atoms with Gasteiger partial charge in [0.05, 0.1) is 22.2 Å². The fourth-order valence-electron chi connectivity index (χ4n) is 4.32. The molecule has 2 unspecified atom stereocenters. The van der Waals surface area contributed by atoms with Gasteiger partial charge in [-0.2, -0.15) is 5.10 Å². The molecule has 1 aromatic heterocycles. The highest BCUT2D eigenvalue weighted by atomic mass is 32.2. The summed E-state index contributed by atoms with van der Waals surface area (Å²) >= 11 is 3.27. The zero-order chi connectivity index (χ0) is 21.5. The Kier molecular flexibility index (Phi) is 5.39. The first-order valence-corrected chi connectivity index (χ1v) is 12.1. The smallest absolute Gasteiger partial charge is 0.270 e. The van der Waals surface area contributed by atoms with Gasteiger partial charge in [-0.25, -0.2) is 0 Å². The molecule has 31 heavy (non-hydrogen) atoms. The van der Waals surface area contributed by atoms with Crippen LogP contribution >= 0.6 is 23.1 Å². The molecule has 3 aliphatic rings. The maximum Gasteiger partial charge on any atom is 0.270 e. The van der Waals surface area contributed by atoms with Gasteiger partial charge < -0.3 is 20.0 Å². The van der Waals surface area contributed by atoms with Gasteiger partial charge in [0.15, 0.2) is 5.78 Å². The van der Waals surface area contributed by atoms with Crippen molar-refractivity contribution in [1.82, 2.24) is 10.3 Å². The van der Waals surface area contributed by atoms with Crippen LogP contribution in [0.4, 0.5) is 5.69 Å². The van der Waals surface area contributed by atoms with Crippen LogP contribution in [0.25, 0.3) is 0 Å². The number of carbonyl (C=O) groups is 2. The van der Waals surface area contributed by atoms with Crippen molar-refractivity contribution in [3.8, 4) is 5.75 Å². The molecule has 1 aromatic carbocycles. The number of ketones is 1. The maximum atomic E-state index is 13.3. The third-order valence-electron chi connectivity index (χ3n) is 6.10. The van der Waals surface area contributed by atoms with Gasteiger partial charge in [0, 0.05) is 49.1 Å². The molecule has 1 saturated heterocycles. The third-order valence-corrected chi connectivity index (χ3v) is 8.78. The van der Waals surface area contributed by atoms with E-state index in [0.717, 1.165) is 44.9 Å². The molecule has 1 amide bonds. The highest BCUT2D eigenvalue weighted by Gasteiger charge is 2.43. The van der Waals surface area contributed by atoms with E-state index < -0.39 is 0 Å². The van der Waals surface area contributed by atoms with Crippen LogP contribution in [0.1, 0.15) is 28.2 Å². The van der Waals surface area contributed by atoms with E-state index in [4.69, 9.17) is 4.74 Å². The molecule has 4 heterocycles. The number of benzene rings is 1. The number of amides is 1. The number of hydrazone groups is 1. The Bertz CT molecular complexity index is 1040. The molecule has 0 spiro atoms. The number of carbonyl (C=O) groups excluding carboxylic acids is 2. The first kappa shape index (κ1) is 20.4. The van der Waals surface area contributed by atoms with E-state index in [2.05, 4.69) is 27.6 Å². The number of rotatable bonds is 4. The average molecular weight is 457 g/mol. The van der Waals surface area contributed by atoms with Crippen LogP contribution in [-0.4, -0.2) is 61.3 Å². The lowest BCUT2D eigenvalue weighted by molar-refractivity contribution is -0.124. The largest absolute Gasteiger partial charge is 0.497 e. The molecule has 9 heteroatoms. The quantitative estimate of drug-likeness (QED) is 0.713. The van der Waals surface area contributed by atoms with E-state index in [1.54, 1.807) is 37.1 Å². The summed E-state index contributed by atoms with van der Waals surface area (Å²) in [6, 6.07) is 9.99. The summed E-state index contributed by atoms with van der Waals surface area (Å²) in [5, 5.41) is 4.46. The summed E-state index contributed by atoms with van der Waals surface area (Å²) in [4.78, 5) is 30.0. The number of thiophene rings is 1. The van der Waals surface area contributed by atoms with Gasteiger partial charge >= 0.3 is 0 Å². The van der Waals surface area contributed by atoms with E-state index in [0.29, 0.717) is 18.8 Å². The van der Waals surface area contributed by atoms with Gasteiger partial charge in [0.25, 0.3) is 5.91 Å². The van der Waals surface area contributed by atoms with Crippen LogP contribution in [0.2, 0.25) is 0 Å². The summed E-state index contributed by atoms with van der Waals surface area (Å²) in [5.74, 6) is 1.80. The summed E-state index contributed by atoms with van der Waals surface area (Å²) in [6.45, 7) is 4.52. The standard InChI is InChI=1S/C22H24N4O3S2/c1-13(27)18-11-16-19-17(12-30-22(16)31-18)20(24-23-19)21(28)26-9-7-25(8-10-26)14-3-5-15(29-2)6-4-14/h3-6,11,17,19,23H,7-10,12H2,1-2H3. The molecule has 5 rings (SSSR count). The van der Waals surface area contributed by atoms with Crippen molar-refractivity contribution in [3.63, 3.8) is 0 Å². The van der Waals surface area contributed by atoms with Crippen molar-refractivity contribution in [3.05, 3.63) is 40.8 Å². The Balaban J connectivity index is 1.24. The number of ether oxygens (including phenoxy) is 1. The number of nitrogens with zero attached hydrogens (tertiary/aromatic N) is 3. The Morgan fingerprint density at radius 2 is 1.90 bits per heavy atom. The Morgan fingerprint density at radius 3 is 2.58 bits per heavy atom. The number of fused-ring (bicyclic) bond motifs is 3. The molecule has 0 saturated carbocycles. The first-order chi connectivity index (χ1) is 15.0. The van der Waals surface area contributed by atoms with Crippen LogP contribution in [-0.2, 0) is 4.79 Å². The number of piperazine rings is 1. The van der Waals surface area contributed by atoms with Crippen LogP contribution in [0, 0.1) is 5.92 Å². The van der Waals surface area contributed by atoms with E-state index in [-0.39, 0.29) is 23.7 Å².